The molecule has 1 aromatic heterocycles. The quantitative estimate of drug-likeness (QED) is 0.683. The molecule has 0 amide bonds. The van der Waals surface area contributed by atoms with Gasteiger partial charge in [0.1, 0.15) is 16.0 Å². The van der Waals surface area contributed by atoms with Crippen molar-refractivity contribution in [3.63, 3.8) is 0 Å². The van der Waals surface area contributed by atoms with E-state index in [2.05, 4.69) is 19.7 Å². The van der Waals surface area contributed by atoms with Gasteiger partial charge in [0, 0.05) is 6.42 Å². The van der Waals surface area contributed by atoms with Gasteiger partial charge in [-0.05, 0) is 34.9 Å². The Morgan fingerprint density at radius 2 is 1.88 bits per heavy atom. The van der Waals surface area contributed by atoms with Crippen molar-refractivity contribution in [3.8, 4) is 0 Å². The van der Waals surface area contributed by atoms with E-state index in [9.17, 15) is 18.3 Å². The molecule has 2 aromatic carbocycles. The lowest BCUT2D eigenvalue weighted by Crippen LogP contribution is -2.53. The topological polar surface area (TPSA) is 122 Å². The van der Waals surface area contributed by atoms with Crippen molar-refractivity contribution in [1.82, 2.24) is 15.0 Å². The van der Waals surface area contributed by atoms with Crippen molar-refractivity contribution >= 4 is 27.0 Å². The largest absolute Gasteiger partial charge is 0.480 e. The maximum Gasteiger partial charge on any atom is 0.324 e. The molecule has 0 bridgehead atoms. The van der Waals surface area contributed by atoms with Crippen molar-refractivity contribution in [3.05, 3.63) is 54.1 Å². The van der Waals surface area contributed by atoms with Gasteiger partial charge < -0.3 is 5.11 Å². The number of fused-ring (bicyclic) bond motifs is 1. The van der Waals surface area contributed by atoms with Crippen LogP contribution in [0.15, 0.2) is 58.1 Å². The van der Waals surface area contributed by atoms with Gasteiger partial charge in [0.2, 0.25) is 10.0 Å². The van der Waals surface area contributed by atoms with Crippen molar-refractivity contribution in [2.75, 3.05) is 0 Å². The highest BCUT2D eigenvalue weighted by Gasteiger charge is 2.39. The fourth-order valence-corrected chi connectivity index (χ4v) is 4.03. The lowest BCUT2D eigenvalue weighted by Gasteiger charge is -2.26. The maximum atomic E-state index is 12.8. The molecule has 3 rings (SSSR count). The summed E-state index contributed by atoms with van der Waals surface area (Å²) in [5.41, 5.74) is -0.735. The average molecular weight is 361 g/mol. The molecule has 1 heterocycles. The number of sulfonamides is 1. The molecule has 130 valence electrons. The second kappa shape index (κ2) is 6.26. The molecular weight excluding hydrogens is 346 g/mol. The van der Waals surface area contributed by atoms with E-state index < -0.39 is 21.5 Å². The van der Waals surface area contributed by atoms with Gasteiger partial charge in [-0.1, -0.05) is 36.4 Å². The minimum atomic E-state index is -4.17. The Kier molecular flexibility index (Phi) is 4.27. The van der Waals surface area contributed by atoms with E-state index in [4.69, 9.17) is 0 Å². The summed E-state index contributed by atoms with van der Waals surface area (Å²) in [5, 5.41) is 16.8. The third-order valence-corrected chi connectivity index (χ3v) is 5.40. The Balaban J connectivity index is 1.99. The first-order valence-corrected chi connectivity index (χ1v) is 8.83. The zero-order chi connectivity index (χ0) is 18.1. The van der Waals surface area contributed by atoms with Gasteiger partial charge in [0.05, 0.1) is 0 Å². The number of carboxylic acid groups (broad SMARTS) is 1. The molecule has 1 atom stereocenters. The predicted molar refractivity (Wildman–Crippen MR) is 88.3 cm³/mol. The van der Waals surface area contributed by atoms with Crippen molar-refractivity contribution < 1.29 is 22.9 Å². The zero-order valence-electron chi connectivity index (χ0n) is 13.2. The number of aromatic nitrogens is 2. The second-order valence-electron chi connectivity index (χ2n) is 5.79. The first-order chi connectivity index (χ1) is 11.8. The molecule has 0 spiro atoms. The van der Waals surface area contributed by atoms with Gasteiger partial charge >= 0.3 is 5.97 Å². The number of hydrogen-bond acceptors (Lipinski definition) is 6. The highest BCUT2D eigenvalue weighted by atomic mass is 32.2. The van der Waals surface area contributed by atoms with Crippen LogP contribution in [0.1, 0.15) is 12.5 Å². The number of carbonyl (C=O) groups is 1. The molecule has 0 saturated carbocycles. The highest BCUT2D eigenvalue weighted by molar-refractivity contribution is 7.89. The monoisotopic (exact) mass is 361 g/mol. The molecule has 8 nitrogen and oxygen atoms in total. The Labute approximate surface area is 143 Å². The fourth-order valence-electron chi connectivity index (χ4n) is 2.51. The van der Waals surface area contributed by atoms with E-state index in [0.717, 1.165) is 0 Å². The number of nitrogens with zero attached hydrogens (tertiary/aromatic N) is 2. The number of carboxylic acids is 1. The first-order valence-electron chi connectivity index (χ1n) is 7.34. The zero-order valence-corrected chi connectivity index (χ0v) is 14.0. The third kappa shape index (κ3) is 3.37. The molecule has 0 radical (unpaired) electrons. The summed E-state index contributed by atoms with van der Waals surface area (Å²) in [4.78, 5) is 11.6. The summed E-state index contributed by atoms with van der Waals surface area (Å²) in [7, 11) is -4.17. The predicted octanol–water partition coefficient (Wildman–Crippen LogP) is 1.59. The molecule has 25 heavy (non-hydrogen) atoms. The Hall–Kier alpha value is -2.78. The molecule has 3 aromatic rings. The van der Waals surface area contributed by atoms with Gasteiger partial charge in [-0.15, -0.1) is 0 Å². The minimum absolute atomic E-state index is 0.0184. The highest BCUT2D eigenvalue weighted by Crippen LogP contribution is 2.23. The van der Waals surface area contributed by atoms with Crippen LogP contribution < -0.4 is 4.72 Å². The van der Waals surface area contributed by atoms with Crippen LogP contribution in [0.2, 0.25) is 0 Å². The first kappa shape index (κ1) is 17.1. The van der Waals surface area contributed by atoms with E-state index in [-0.39, 0.29) is 22.3 Å². The summed E-state index contributed by atoms with van der Waals surface area (Å²) in [6.07, 6.45) is -0.0184. The van der Waals surface area contributed by atoms with Gasteiger partial charge in [-0.25, -0.2) is 13.0 Å². The van der Waals surface area contributed by atoms with Crippen LogP contribution in [-0.4, -0.2) is 35.3 Å². The number of hydrogen-bond donors (Lipinski definition) is 2. The molecule has 0 aliphatic rings. The fraction of sp³-hybridized carbons (Fsp3) is 0.188. The SMILES string of the molecule is CC(Cc1ccccc1)(NS(=O)(=O)c1cccc2nonc12)C(=O)O. The number of rotatable bonds is 6. The number of benzene rings is 2. The van der Waals surface area contributed by atoms with Crippen LogP contribution in [0.4, 0.5) is 0 Å². The third-order valence-electron chi connectivity index (χ3n) is 3.77. The van der Waals surface area contributed by atoms with Crippen LogP contribution in [-0.2, 0) is 21.2 Å². The van der Waals surface area contributed by atoms with Crippen LogP contribution in [0, 0.1) is 0 Å². The molecule has 9 heteroatoms. The van der Waals surface area contributed by atoms with Crippen LogP contribution >= 0.6 is 0 Å². The molecule has 0 aliphatic heterocycles. The van der Waals surface area contributed by atoms with E-state index in [1.807, 2.05) is 0 Å². The Bertz CT molecular complexity index is 1020. The average Bonchev–Trinajstić information content (AvgIpc) is 3.03. The van der Waals surface area contributed by atoms with Crippen molar-refractivity contribution in [2.45, 2.75) is 23.8 Å². The maximum absolute atomic E-state index is 12.8. The van der Waals surface area contributed by atoms with E-state index in [0.29, 0.717) is 5.56 Å². The lowest BCUT2D eigenvalue weighted by atomic mass is 9.94. The molecule has 0 aliphatic carbocycles. The van der Waals surface area contributed by atoms with E-state index in [1.165, 1.54) is 19.1 Å². The van der Waals surface area contributed by atoms with Crippen LogP contribution in [0.25, 0.3) is 11.0 Å². The summed E-state index contributed by atoms with van der Waals surface area (Å²) in [5.74, 6) is -1.29. The Morgan fingerprint density at radius 1 is 1.16 bits per heavy atom. The standard InChI is InChI=1S/C16H15N3O5S/c1-16(15(20)21,10-11-6-3-2-4-7-11)19-25(22,23)13-9-5-8-12-14(13)18-24-17-12/h2-9,19H,10H2,1H3,(H,20,21). The van der Waals surface area contributed by atoms with Gasteiger partial charge in [0.25, 0.3) is 0 Å². The van der Waals surface area contributed by atoms with Gasteiger partial charge in [-0.3, -0.25) is 4.79 Å². The summed E-state index contributed by atoms with van der Waals surface area (Å²) in [6, 6.07) is 13.1. The summed E-state index contributed by atoms with van der Waals surface area (Å²) in [6.45, 7) is 1.32. The minimum Gasteiger partial charge on any atom is -0.480 e. The van der Waals surface area contributed by atoms with Gasteiger partial charge in [0.15, 0.2) is 5.52 Å². The summed E-state index contributed by atoms with van der Waals surface area (Å²) >= 11 is 0. The smallest absolute Gasteiger partial charge is 0.324 e. The van der Waals surface area contributed by atoms with Crippen molar-refractivity contribution in [2.24, 2.45) is 0 Å². The molecule has 0 saturated heterocycles. The second-order valence-corrected chi connectivity index (χ2v) is 7.44. The van der Waals surface area contributed by atoms with E-state index in [1.54, 1.807) is 36.4 Å². The molecule has 1 unspecified atom stereocenters. The van der Waals surface area contributed by atoms with Gasteiger partial charge in [-0.2, -0.15) is 4.72 Å². The van der Waals surface area contributed by atoms with E-state index >= 15 is 0 Å². The van der Waals surface area contributed by atoms with Crippen LogP contribution in [0.3, 0.4) is 0 Å². The van der Waals surface area contributed by atoms with Crippen LogP contribution in [0.5, 0.6) is 0 Å². The van der Waals surface area contributed by atoms with Crippen molar-refractivity contribution in [1.29, 1.82) is 0 Å². The normalized spacial score (nSPS) is 14.3. The molecular formula is C16H15N3O5S. The number of aliphatic carboxylic acids is 1. The lowest BCUT2D eigenvalue weighted by molar-refractivity contribution is -0.143. The number of nitrogens with one attached hydrogen (secondary N) is 1. The molecule has 2 N–H and O–H groups in total. The summed E-state index contributed by atoms with van der Waals surface area (Å²) < 4.78 is 32.4. The molecule has 0 fully saturated rings. The Morgan fingerprint density at radius 3 is 2.56 bits per heavy atom.